The summed E-state index contributed by atoms with van der Waals surface area (Å²) >= 11 is 17.9. The highest BCUT2D eigenvalue weighted by Gasteiger charge is 2.09. The molecule has 1 aromatic carbocycles. The van der Waals surface area contributed by atoms with Crippen LogP contribution in [-0.2, 0) is 14.6 Å². The van der Waals surface area contributed by atoms with E-state index in [-0.39, 0.29) is 12.4 Å². The lowest BCUT2D eigenvalue weighted by Crippen LogP contribution is -2.40. The number of halogens is 3. The van der Waals surface area contributed by atoms with E-state index in [9.17, 15) is 8.42 Å². The lowest BCUT2D eigenvalue weighted by molar-refractivity contribution is 0.154. The van der Waals surface area contributed by atoms with E-state index < -0.39 is 9.84 Å². The average Bonchev–Trinajstić information content (AvgIpc) is 2.53. The Morgan fingerprint density at radius 3 is 2.19 bits per heavy atom. The maximum atomic E-state index is 11.0. The molecule has 0 bridgehead atoms. The predicted molar refractivity (Wildman–Crippen MR) is 107 cm³/mol. The smallest absolute Gasteiger partial charge is 0.191 e. The number of rotatable bonds is 10. The van der Waals surface area contributed by atoms with Crippen molar-refractivity contribution < 1.29 is 17.9 Å². The van der Waals surface area contributed by atoms with Crippen molar-refractivity contribution in [3.05, 3.63) is 27.2 Å². The SMILES string of the molecule is CN=C(NCCOCCS(C)(=O)=O)NCCOc1c(Cl)cc(Cl)cc1Cl. The maximum Gasteiger partial charge on any atom is 0.191 e. The molecule has 0 unspecified atom stereocenters. The van der Waals surface area contributed by atoms with Crippen LogP contribution in [0.1, 0.15) is 0 Å². The van der Waals surface area contributed by atoms with Crippen LogP contribution in [-0.4, -0.2) is 66.3 Å². The molecule has 0 aliphatic rings. The van der Waals surface area contributed by atoms with E-state index in [2.05, 4.69) is 15.6 Å². The Kier molecular flexibility index (Phi) is 10.4. The first kappa shape index (κ1) is 23.1. The van der Waals surface area contributed by atoms with Crippen molar-refractivity contribution in [3.8, 4) is 5.75 Å². The predicted octanol–water partition coefficient (Wildman–Crippen LogP) is 2.25. The minimum absolute atomic E-state index is 0.00707. The van der Waals surface area contributed by atoms with Crippen molar-refractivity contribution >= 4 is 50.6 Å². The molecule has 0 spiro atoms. The van der Waals surface area contributed by atoms with Gasteiger partial charge in [-0.3, -0.25) is 4.99 Å². The Hall–Kier alpha value is -0.930. The van der Waals surface area contributed by atoms with Crippen molar-refractivity contribution in [2.24, 2.45) is 4.99 Å². The van der Waals surface area contributed by atoms with E-state index in [1.165, 1.54) is 6.26 Å². The molecule has 148 valence electrons. The third-order valence-corrected chi connectivity index (χ3v) is 4.65. The second kappa shape index (κ2) is 11.7. The van der Waals surface area contributed by atoms with Gasteiger partial charge in [0.15, 0.2) is 11.7 Å². The van der Waals surface area contributed by atoms with Crippen LogP contribution < -0.4 is 15.4 Å². The van der Waals surface area contributed by atoms with E-state index >= 15 is 0 Å². The lowest BCUT2D eigenvalue weighted by atomic mass is 10.3. The van der Waals surface area contributed by atoms with E-state index in [1.54, 1.807) is 19.2 Å². The van der Waals surface area contributed by atoms with Crippen molar-refractivity contribution in [3.63, 3.8) is 0 Å². The van der Waals surface area contributed by atoms with Gasteiger partial charge in [-0.25, -0.2) is 8.42 Å². The quantitative estimate of drug-likeness (QED) is 0.325. The monoisotopic (exact) mass is 445 g/mol. The molecule has 1 aromatic rings. The first-order chi connectivity index (χ1) is 12.2. The second-order valence-electron chi connectivity index (χ2n) is 5.22. The molecule has 0 aliphatic heterocycles. The van der Waals surface area contributed by atoms with E-state index in [1.807, 2.05) is 0 Å². The summed E-state index contributed by atoms with van der Waals surface area (Å²) in [6.45, 7) is 1.79. The number of nitrogens with zero attached hydrogens (tertiary/aromatic N) is 1. The molecule has 0 aliphatic carbocycles. The zero-order valence-electron chi connectivity index (χ0n) is 14.5. The molecule has 0 saturated heterocycles. The van der Waals surface area contributed by atoms with Crippen LogP contribution in [0.4, 0.5) is 0 Å². The molecule has 1 rings (SSSR count). The molecular formula is C15H22Cl3N3O4S. The minimum Gasteiger partial charge on any atom is -0.489 e. The van der Waals surface area contributed by atoms with Gasteiger partial charge in [-0.05, 0) is 12.1 Å². The number of ether oxygens (including phenoxy) is 2. The normalized spacial score (nSPS) is 12.1. The standard InChI is InChI=1S/C15H22Cl3N3O4S/c1-19-15(20-3-5-24-7-8-26(2,22)23)21-4-6-25-14-12(17)9-11(16)10-13(14)18/h9-10H,3-8H2,1-2H3,(H2,19,20,21). The zero-order chi connectivity index (χ0) is 19.6. The molecule has 0 radical (unpaired) electrons. The summed E-state index contributed by atoms with van der Waals surface area (Å²) in [7, 11) is -1.37. The molecule has 11 heteroatoms. The lowest BCUT2D eigenvalue weighted by Gasteiger charge is -2.14. The number of guanidine groups is 1. The Morgan fingerprint density at radius 1 is 1.08 bits per heavy atom. The highest BCUT2D eigenvalue weighted by Crippen LogP contribution is 2.35. The third-order valence-electron chi connectivity index (χ3n) is 2.96. The van der Waals surface area contributed by atoms with Gasteiger partial charge in [-0.1, -0.05) is 34.8 Å². The summed E-state index contributed by atoms with van der Waals surface area (Å²) in [6.07, 6.45) is 1.17. The van der Waals surface area contributed by atoms with Gasteiger partial charge in [-0.2, -0.15) is 0 Å². The number of hydrogen-bond acceptors (Lipinski definition) is 5. The van der Waals surface area contributed by atoms with Crippen molar-refractivity contribution in [1.29, 1.82) is 0 Å². The number of sulfone groups is 1. The Balaban J connectivity index is 2.23. The molecule has 26 heavy (non-hydrogen) atoms. The fourth-order valence-corrected chi connectivity index (χ4v) is 3.11. The van der Waals surface area contributed by atoms with Gasteiger partial charge in [0.2, 0.25) is 0 Å². The molecule has 7 nitrogen and oxygen atoms in total. The first-order valence-corrected chi connectivity index (χ1v) is 10.9. The van der Waals surface area contributed by atoms with Gasteiger partial charge in [0.1, 0.15) is 16.4 Å². The molecular weight excluding hydrogens is 425 g/mol. The van der Waals surface area contributed by atoms with Crippen LogP contribution >= 0.6 is 34.8 Å². The maximum absolute atomic E-state index is 11.0. The van der Waals surface area contributed by atoms with Gasteiger partial charge in [0.05, 0.1) is 35.6 Å². The molecule has 0 heterocycles. The molecule has 0 amide bonds. The van der Waals surface area contributed by atoms with Crippen LogP contribution in [0.3, 0.4) is 0 Å². The van der Waals surface area contributed by atoms with E-state index in [0.29, 0.717) is 53.1 Å². The summed E-state index contributed by atoms with van der Waals surface area (Å²) in [5.74, 6) is 0.947. The Morgan fingerprint density at radius 2 is 1.65 bits per heavy atom. The fraction of sp³-hybridized carbons (Fsp3) is 0.533. The Bertz CT molecular complexity index is 691. The van der Waals surface area contributed by atoms with Crippen molar-refractivity contribution in [1.82, 2.24) is 10.6 Å². The Labute approximate surface area is 168 Å². The summed E-state index contributed by atoms with van der Waals surface area (Å²) in [4.78, 5) is 4.05. The minimum atomic E-state index is -3.00. The summed E-state index contributed by atoms with van der Waals surface area (Å²) in [6, 6.07) is 3.12. The topological polar surface area (TPSA) is 89.0 Å². The number of benzene rings is 1. The zero-order valence-corrected chi connectivity index (χ0v) is 17.6. The molecule has 0 aromatic heterocycles. The van der Waals surface area contributed by atoms with Crippen LogP contribution in [0.5, 0.6) is 5.75 Å². The first-order valence-electron chi connectivity index (χ1n) is 7.70. The van der Waals surface area contributed by atoms with Gasteiger partial charge in [0, 0.05) is 24.9 Å². The van der Waals surface area contributed by atoms with Crippen LogP contribution in [0, 0.1) is 0 Å². The molecule has 0 fully saturated rings. The summed E-state index contributed by atoms with van der Waals surface area (Å²) in [5.41, 5.74) is 0. The summed E-state index contributed by atoms with van der Waals surface area (Å²) in [5, 5.41) is 7.22. The molecule has 0 saturated carbocycles. The van der Waals surface area contributed by atoms with Gasteiger partial charge >= 0.3 is 0 Å². The van der Waals surface area contributed by atoms with Crippen molar-refractivity contribution in [2.75, 3.05) is 52.0 Å². The van der Waals surface area contributed by atoms with Gasteiger partial charge < -0.3 is 20.1 Å². The van der Waals surface area contributed by atoms with Gasteiger partial charge in [-0.15, -0.1) is 0 Å². The molecule has 2 N–H and O–H groups in total. The van der Waals surface area contributed by atoms with Crippen LogP contribution in [0.2, 0.25) is 15.1 Å². The van der Waals surface area contributed by atoms with E-state index in [4.69, 9.17) is 44.3 Å². The average molecular weight is 447 g/mol. The highest BCUT2D eigenvalue weighted by atomic mass is 35.5. The number of hydrogen-bond donors (Lipinski definition) is 2. The fourth-order valence-electron chi connectivity index (χ4n) is 1.76. The summed E-state index contributed by atoms with van der Waals surface area (Å²) < 4.78 is 32.7. The van der Waals surface area contributed by atoms with E-state index in [0.717, 1.165) is 0 Å². The third kappa shape index (κ3) is 9.68. The number of nitrogens with one attached hydrogen (secondary N) is 2. The van der Waals surface area contributed by atoms with Crippen molar-refractivity contribution in [2.45, 2.75) is 0 Å². The van der Waals surface area contributed by atoms with Crippen LogP contribution in [0.15, 0.2) is 17.1 Å². The number of aliphatic imine (C=N–C) groups is 1. The second-order valence-corrected chi connectivity index (χ2v) is 8.73. The molecule has 0 atom stereocenters. The largest absolute Gasteiger partial charge is 0.489 e. The highest BCUT2D eigenvalue weighted by molar-refractivity contribution is 7.90. The van der Waals surface area contributed by atoms with Crippen LogP contribution in [0.25, 0.3) is 0 Å². The van der Waals surface area contributed by atoms with Gasteiger partial charge in [0.25, 0.3) is 0 Å².